The van der Waals surface area contributed by atoms with Crippen LogP contribution in [0.5, 0.6) is 0 Å². The fraction of sp³-hybridized carbons (Fsp3) is 0.688. The summed E-state index contributed by atoms with van der Waals surface area (Å²) >= 11 is 0. The third-order valence-corrected chi connectivity index (χ3v) is 4.52. The Kier molecular flexibility index (Phi) is 4.20. The van der Waals surface area contributed by atoms with E-state index in [0.717, 1.165) is 30.3 Å². The van der Waals surface area contributed by atoms with Gasteiger partial charge in [-0.15, -0.1) is 6.58 Å². The van der Waals surface area contributed by atoms with Gasteiger partial charge < -0.3 is 0 Å². The van der Waals surface area contributed by atoms with Crippen LogP contribution in [0.2, 0.25) is 0 Å². The van der Waals surface area contributed by atoms with E-state index in [4.69, 9.17) is 0 Å². The highest BCUT2D eigenvalue weighted by atomic mass is 16.1. The van der Waals surface area contributed by atoms with E-state index in [-0.39, 0.29) is 0 Å². The Bertz CT molecular complexity index is 326. The van der Waals surface area contributed by atoms with Crippen LogP contribution in [0, 0.1) is 17.8 Å². The molecule has 0 aromatic rings. The molecule has 0 aromatic carbocycles. The van der Waals surface area contributed by atoms with Crippen molar-refractivity contribution in [3.05, 3.63) is 24.3 Å². The average molecular weight is 232 g/mol. The van der Waals surface area contributed by atoms with E-state index in [2.05, 4.69) is 19.6 Å². The monoisotopic (exact) mass is 232 g/mol. The predicted molar refractivity (Wildman–Crippen MR) is 71.8 cm³/mol. The number of hydrogen-bond acceptors (Lipinski definition) is 1. The highest BCUT2D eigenvalue weighted by molar-refractivity contribution is 5.95. The molecule has 1 fully saturated rings. The minimum atomic E-state index is 0.362. The van der Waals surface area contributed by atoms with Crippen LogP contribution in [0.25, 0.3) is 0 Å². The van der Waals surface area contributed by atoms with Crippen molar-refractivity contribution in [2.45, 2.75) is 51.9 Å². The Morgan fingerprint density at radius 3 is 3.00 bits per heavy atom. The molecule has 2 aliphatic carbocycles. The molecule has 0 aliphatic heterocycles. The van der Waals surface area contributed by atoms with Gasteiger partial charge in [-0.3, -0.25) is 4.79 Å². The van der Waals surface area contributed by atoms with Gasteiger partial charge in [0.15, 0.2) is 5.78 Å². The normalized spacial score (nSPS) is 32.5. The van der Waals surface area contributed by atoms with Crippen molar-refractivity contribution < 1.29 is 4.79 Å². The van der Waals surface area contributed by atoms with Crippen LogP contribution >= 0.6 is 0 Å². The van der Waals surface area contributed by atoms with Crippen LogP contribution in [0.4, 0.5) is 0 Å². The van der Waals surface area contributed by atoms with Crippen LogP contribution in [0.1, 0.15) is 51.9 Å². The van der Waals surface area contributed by atoms with E-state index in [1.807, 2.05) is 6.08 Å². The summed E-state index contributed by atoms with van der Waals surface area (Å²) in [7, 11) is 0. The lowest BCUT2D eigenvalue weighted by Gasteiger charge is -2.38. The van der Waals surface area contributed by atoms with Gasteiger partial charge in [-0.1, -0.05) is 31.9 Å². The van der Waals surface area contributed by atoms with Crippen LogP contribution in [-0.2, 0) is 4.79 Å². The molecule has 0 bridgehead atoms. The number of allylic oxidation sites excluding steroid dienone is 3. The number of ketones is 1. The van der Waals surface area contributed by atoms with Crippen LogP contribution in [0.3, 0.4) is 0 Å². The van der Waals surface area contributed by atoms with E-state index in [9.17, 15) is 4.79 Å². The van der Waals surface area contributed by atoms with E-state index in [1.165, 1.54) is 25.7 Å². The van der Waals surface area contributed by atoms with Gasteiger partial charge in [0.25, 0.3) is 0 Å². The molecule has 2 rings (SSSR count). The fourth-order valence-electron chi connectivity index (χ4n) is 3.57. The molecule has 0 radical (unpaired) electrons. The van der Waals surface area contributed by atoms with Gasteiger partial charge in [-0.25, -0.2) is 0 Å². The first-order valence-corrected chi connectivity index (χ1v) is 7.07. The lowest BCUT2D eigenvalue weighted by Crippen LogP contribution is -2.30. The Balaban J connectivity index is 2.03. The molecule has 17 heavy (non-hydrogen) atoms. The average Bonchev–Trinajstić information content (AvgIpc) is 2.36. The second kappa shape index (κ2) is 5.66. The summed E-state index contributed by atoms with van der Waals surface area (Å²) in [5.41, 5.74) is 1.11. The van der Waals surface area contributed by atoms with Crippen molar-refractivity contribution in [3.8, 4) is 0 Å². The Morgan fingerprint density at radius 1 is 1.47 bits per heavy atom. The van der Waals surface area contributed by atoms with E-state index >= 15 is 0 Å². The van der Waals surface area contributed by atoms with Crippen molar-refractivity contribution in [2.75, 3.05) is 0 Å². The molecular weight excluding hydrogens is 208 g/mol. The second-order valence-electron chi connectivity index (χ2n) is 5.71. The third kappa shape index (κ3) is 2.88. The van der Waals surface area contributed by atoms with E-state index < -0.39 is 0 Å². The molecule has 2 aliphatic rings. The maximum Gasteiger partial charge on any atom is 0.158 e. The number of rotatable bonds is 4. The molecule has 0 aromatic heterocycles. The number of Topliss-reactive ketones (excluding diaryl/α,β-unsaturated/α-hetero) is 1. The van der Waals surface area contributed by atoms with Crippen LogP contribution in [-0.4, -0.2) is 5.78 Å². The van der Waals surface area contributed by atoms with Gasteiger partial charge in [0, 0.05) is 6.42 Å². The molecule has 3 atom stereocenters. The van der Waals surface area contributed by atoms with Crippen molar-refractivity contribution in [1.29, 1.82) is 0 Å². The zero-order chi connectivity index (χ0) is 12.3. The minimum absolute atomic E-state index is 0.362. The zero-order valence-corrected chi connectivity index (χ0v) is 11.0. The lowest BCUT2D eigenvalue weighted by atomic mass is 9.66. The topological polar surface area (TPSA) is 17.1 Å². The maximum absolute atomic E-state index is 12.1. The zero-order valence-electron chi connectivity index (χ0n) is 11.0. The molecular formula is C16H24O. The number of hydrogen-bond donors (Lipinski definition) is 0. The first kappa shape index (κ1) is 12.6. The van der Waals surface area contributed by atoms with Crippen molar-refractivity contribution in [1.82, 2.24) is 0 Å². The molecule has 0 spiro atoms. The summed E-state index contributed by atoms with van der Waals surface area (Å²) in [6.45, 7) is 5.98. The molecule has 1 heteroatoms. The van der Waals surface area contributed by atoms with Crippen molar-refractivity contribution in [3.63, 3.8) is 0 Å². The molecule has 1 nitrogen and oxygen atoms in total. The lowest BCUT2D eigenvalue weighted by molar-refractivity contribution is -0.116. The van der Waals surface area contributed by atoms with Gasteiger partial charge in [-0.05, 0) is 49.0 Å². The molecule has 0 amide bonds. The summed E-state index contributed by atoms with van der Waals surface area (Å²) < 4.78 is 0. The van der Waals surface area contributed by atoms with E-state index in [1.54, 1.807) is 0 Å². The van der Waals surface area contributed by atoms with Crippen LogP contribution in [0.15, 0.2) is 24.3 Å². The standard InChI is InChI=1S/C16H24O/c1-3-4-9-16(17)14-10-12(2)15-8-6-5-7-13(15)11-14/h3,10,12-13,15H,1,4-9,11H2,2H3. The first-order chi connectivity index (χ1) is 8.22. The SMILES string of the molecule is C=CCCC(=O)C1=CC(C)C2CCCCC2C1. The van der Waals surface area contributed by atoms with Gasteiger partial charge in [0.2, 0.25) is 0 Å². The molecule has 3 unspecified atom stereocenters. The summed E-state index contributed by atoms with van der Waals surface area (Å²) in [5.74, 6) is 2.60. The van der Waals surface area contributed by atoms with Crippen molar-refractivity contribution in [2.24, 2.45) is 17.8 Å². The van der Waals surface area contributed by atoms with Gasteiger partial charge in [0.05, 0.1) is 0 Å². The Labute approximate surface area is 105 Å². The van der Waals surface area contributed by atoms with Crippen molar-refractivity contribution >= 4 is 5.78 Å². The number of carbonyl (C=O) groups is 1. The number of fused-ring (bicyclic) bond motifs is 1. The molecule has 94 valence electrons. The highest BCUT2D eigenvalue weighted by Crippen LogP contribution is 2.43. The summed E-state index contributed by atoms with van der Waals surface area (Å²) in [6, 6.07) is 0. The maximum atomic E-state index is 12.1. The molecule has 1 saturated carbocycles. The quantitative estimate of drug-likeness (QED) is 0.661. The fourth-order valence-corrected chi connectivity index (χ4v) is 3.57. The summed E-state index contributed by atoms with van der Waals surface area (Å²) in [6.07, 6.45) is 12.1. The molecule has 0 heterocycles. The third-order valence-electron chi connectivity index (χ3n) is 4.52. The summed E-state index contributed by atoms with van der Waals surface area (Å²) in [5, 5.41) is 0. The largest absolute Gasteiger partial charge is 0.295 e. The van der Waals surface area contributed by atoms with Gasteiger partial charge in [-0.2, -0.15) is 0 Å². The smallest absolute Gasteiger partial charge is 0.158 e. The minimum Gasteiger partial charge on any atom is -0.295 e. The Hall–Kier alpha value is -0.850. The number of carbonyl (C=O) groups excluding carboxylic acids is 1. The molecule has 0 saturated heterocycles. The second-order valence-corrected chi connectivity index (χ2v) is 5.71. The summed E-state index contributed by atoms with van der Waals surface area (Å²) in [4.78, 5) is 12.1. The Morgan fingerprint density at radius 2 is 2.24 bits per heavy atom. The van der Waals surface area contributed by atoms with Crippen LogP contribution < -0.4 is 0 Å². The van der Waals surface area contributed by atoms with E-state index in [0.29, 0.717) is 18.1 Å². The first-order valence-electron chi connectivity index (χ1n) is 7.07. The predicted octanol–water partition coefficient (Wildman–Crippen LogP) is 4.29. The highest BCUT2D eigenvalue weighted by Gasteiger charge is 2.33. The van der Waals surface area contributed by atoms with Gasteiger partial charge in [0.1, 0.15) is 0 Å². The van der Waals surface area contributed by atoms with Gasteiger partial charge >= 0.3 is 0 Å². The molecule has 0 N–H and O–H groups in total.